The van der Waals surface area contributed by atoms with E-state index in [0.717, 1.165) is 55.5 Å². The Kier molecular flexibility index (Phi) is 6.88. The Hall–Kier alpha value is -5.56. The first kappa shape index (κ1) is 27.7. The fourth-order valence-electron chi connectivity index (χ4n) is 6.30. The molecule has 0 radical (unpaired) electrons. The number of hydrogen-bond acceptors (Lipinski definition) is 6. The van der Waals surface area contributed by atoms with Gasteiger partial charge in [-0.3, -0.25) is 4.90 Å². The quantitative estimate of drug-likeness (QED) is 0.180. The van der Waals surface area contributed by atoms with Crippen molar-refractivity contribution in [3.8, 4) is 11.5 Å². The zero-order valence-corrected chi connectivity index (χ0v) is 26.8. The third-order valence-corrected chi connectivity index (χ3v) is 10.5. The van der Waals surface area contributed by atoms with Gasteiger partial charge in [-0.15, -0.1) is 11.3 Å². The van der Waals surface area contributed by atoms with Crippen LogP contribution in [0.25, 0.3) is 20.2 Å². The van der Waals surface area contributed by atoms with Gasteiger partial charge in [-0.1, -0.05) is 90.6 Å². The molecule has 8 aromatic rings. The Morgan fingerprint density at radius 1 is 0.511 bits per heavy atom. The minimum atomic E-state index is 0.805. The van der Waals surface area contributed by atoms with Crippen LogP contribution in [0.2, 0.25) is 0 Å². The van der Waals surface area contributed by atoms with E-state index in [-0.39, 0.29) is 0 Å². The number of hydrogen-bond donors (Lipinski definition) is 0. The maximum Gasteiger partial charge on any atom is 0.165 e. The molecular weight excluding hydrogens is 615 g/mol. The van der Waals surface area contributed by atoms with E-state index in [9.17, 15) is 0 Å². The number of benzene rings is 6. The minimum absolute atomic E-state index is 0.805. The molecule has 0 saturated heterocycles. The molecule has 0 saturated carbocycles. The van der Waals surface area contributed by atoms with Crippen LogP contribution in [0.4, 0.5) is 34.3 Å². The van der Waals surface area contributed by atoms with Gasteiger partial charge in [0.1, 0.15) is 11.6 Å². The lowest BCUT2D eigenvalue weighted by Gasteiger charge is -2.33. The first-order chi connectivity index (χ1) is 23.3. The SMILES string of the molecule is c1ccc(N(c2ccccn2)c2cc(N(c3ccccc3)c3cccc4sc5ccccc5c34)cc3c2Oc2ccccc2S3)cc1. The van der Waals surface area contributed by atoms with E-state index in [2.05, 4.69) is 131 Å². The van der Waals surface area contributed by atoms with Gasteiger partial charge in [-0.2, -0.15) is 0 Å². The van der Waals surface area contributed by atoms with Gasteiger partial charge in [0.05, 0.1) is 21.2 Å². The summed E-state index contributed by atoms with van der Waals surface area (Å²) in [6.45, 7) is 0. The fourth-order valence-corrected chi connectivity index (χ4v) is 8.44. The summed E-state index contributed by atoms with van der Waals surface area (Å²) in [7, 11) is 0. The first-order valence-electron chi connectivity index (χ1n) is 15.5. The normalized spacial score (nSPS) is 11.9. The van der Waals surface area contributed by atoms with Gasteiger partial charge in [0.15, 0.2) is 5.75 Å². The number of aromatic nitrogens is 1. The van der Waals surface area contributed by atoms with Gasteiger partial charge in [-0.25, -0.2) is 4.98 Å². The van der Waals surface area contributed by atoms with E-state index in [1.165, 1.54) is 20.2 Å². The van der Waals surface area contributed by atoms with Crippen molar-refractivity contribution in [2.24, 2.45) is 0 Å². The predicted molar refractivity (Wildman–Crippen MR) is 197 cm³/mol. The van der Waals surface area contributed by atoms with Gasteiger partial charge in [0.25, 0.3) is 0 Å². The molecule has 9 rings (SSSR count). The van der Waals surface area contributed by atoms with Crippen LogP contribution >= 0.6 is 23.1 Å². The molecule has 2 aromatic heterocycles. The maximum absolute atomic E-state index is 6.79. The molecule has 0 bridgehead atoms. The summed E-state index contributed by atoms with van der Waals surface area (Å²) < 4.78 is 9.32. The summed E-state index contributed by atoms with van der Waals surface area (Å²) in [5, 5.41) is 2.50. The van der Waals surface area contributed by atoms with Crippen LogP contribution in [0.15, 0.2) is 174 Å². The smallest absolute Gasteiger partial charge is 0.165 e. The summed E-state index contributed by atoms with van der Waals surface area (Å²) in [5.74, 6) is 2.46. The Morgan fingerprint density at radius 2 is 1.21 bits per heavy atom. The number of anilines is 6. The molecule has 4 nitrogen and oxygen atoms in total. The topological polar surface area (TPSA) is 28.6 Å². The summed E-state index contributed by atoms with van der Waals surface area (Å²) in [5.41, 5.74) is 5.14. The van der Waals surface area contributed by atoms with E-state index in [4.69, 9.17) is 9.72 Å². The van der Waals surface area contributed by atoms with E-state index in [0.29, 0.717) is 0 Å². The van der Waals surface area contributed by atoms with Crippen LogP contribution in [0, 0.1) is 0 Å². The Labute approximate surface area is 281 Å². The summed E-state index contributed by atoms with van der Waals surface area (Å²) in [6, 6.07) is 55.1. The highest BCUT2D eigenvalue weighted by atomic mass is 32.2. The average molecular weight is 642 g/mol. The van der Waals surface area contributed by atoms with Crippen LogP contribution in [0.1, 0.15) is 0 Å². The van der Waals surface area contributed by atoms with Crippen molar-refractivity contribution in [3.05, 3.63) is 164 Å². The zero-order valence-electron chi connectivity index (χ0n) is 25.2. The van der Waals surface area contributed by atoms with Crippen LogP contribution < -0.4 is 14.5 Å². The molecule has 47 heavy (non-hydrogen) atoms. The average Bonchev–Trinajstić information content (AvgIpc) is 3.52. The van der Waals surface area contributed by atoms with Crippen molar-refractivity contribution in [2.75, 3.05) is 9.80 Å². The molecule has 3 heterocycles. The molecule has 1 aliphatic rings. The molecular formula is C41H27N3OS2. The largest absolute Gasteiger partial charge is 0.453 e. The van der Waals surface area contributed by atoms with Crippen molar-refractivity contribution in [1.82, 2.24) is 4.98 Å². The predicted octanol–water partition coefficient (Wildman–Crippen LogP) is 12.6. The lowest BCUT2D eigenvalue weighted by Crippen LogP contribution is -2.16. The molecule has 0 spiro atoms. The second kappa shape index (κ2) is 11.7. The molecule has 0 aliphatic carbocycles. The summed E-state index contributed by atoms with van der Waals surface area (Å²) in [4.78, 5) is 11.5. The van der Waals surface area contributed by atoms with Crippen LogP contribution in [0.5, 0.6) is 11.5 Å². The molecule has 0 atom stereocenters. The van der Waals surface area contributed by atoms with Crippen LogP contribution in [0.3, 0.4) is 0 Å². The number of fused-ring (bicyclic) bond motifs is 5. The third-order valence-electron chi connectivity index (χ3n) is 8.33. The monoisotopic (exact) mass is 641 g/mol. The van der Waals surface area contributed by atoms with Gasteiger partial charge in [0, 0.05) is 43.4 Å². The van der Waals surface area contributed by atoms with Crippen LogP contribution in [-0.2, 0) is 0 Å². The van der Waals surface area contributed by atoms with E-state index in [1.807, 2.05) is 53.9 Å². The van der Waals surface area contributed by atoms with E-state index in [1.54, 1.807) is 11.8 Å². The standard InChI is InChI=1S/C41H27N3OS2/c1-3-14-28(15-4-1)43(32-19-13-23-37-40(32)31-18-7-9-21-35(31)46-37)30-26-33(41-38(27-30)47-36-22-10-8-20-34(36)45-41)44(29-16-5-2-6-17-29)39-24-11-12-25-42-39/h1-27H. The lowest BCUT2D eigenvalue weighted by molar-refractivity contribution is 0.456. The molecule has 224 valence electrons. The van der Waals surface area contributed by atoms with Gasteiger partial charge in [0.2, 0.25) is 0 Å². The number of rotatable bonds is 6. The van der Waals surface area contributed by atoms with E-state index >= 15 is 0 Å². The molecule has 6 heteroatoms. The van der Waals surface area contributed by atoms with Crippen molar-refractivity contribution < 1.29 is 4.74 Å². The number of pyridine rings is 1. The second-order valence-electron chi connectivity index (χ2n) is 11.2. The number of ether oxygens (including phenoxy) is 1. The zero-order chi connectivity index (χ0) is 31.2. The molecule has 1 aliphatic heterocycles. The Bertz CT molecular complexity index is 2340. The van der Waals surface area contributed by atoms with Crippen molar-refractivity contribution in [2.45, 2.75) is 9.79 Å². The van der Waals surface area contributed by atoms with Crippen molar-refractivity contribution in [3.63, 3.8) is 0 Å². The Balaban J connectivity index is 1.35. The van der Waals surface area contributed by atoms with Gasteiger partial charge >= 0.3 is 0 Å². The van der Waals surface area contributed by atoms with Crippen molar-refractivity contribution in [1.29, 1.82) is 0 Å². The minimum Gasteiger partial charge on any atom is -0.453 e. The van der Waals surface area contributed by atoms with Gasteiger partial charge in [-0.05, 0) is 78.9 Å². The molecule has 6 aromatic carbocycles. The summed E-state index contributed by atoms with van der Waals surface area (Å²) >= 11 is 3.57. The maximum atomic E-state index is 6.79. The Morgan fingerprint density at radius 3 is 2.02 bits per heavy atom. The first-order valence-corrected chi connectivity index (χ1v) is 17.1. The third kappa shape index (κ3) is 4.90. The number of para-hydroxylation sites is 3. The van der Waals surface area contributed by atoms with E-state index < -0.39 is 0 Å². The number of nitrogens with zero attached hydrogens (tertiary/aromatic N) is 3. The van der Waals surface area contributed by atoms with Gasteiger partial charge < -0.3 is 9.64 Å². The fraction of sp³-hybridized carbons (Fsp3) is 0. The highest BCUT2D eigenvalue weighted by molar-refractivity contribution is 7.99. The molecule has 0 N–H and O–H groups in total. The van der Waals surface area contributed by atoms with Crippen molar-refractivity contribution >= 4 is 77.5 Å². The highest BCUT2D eigenvalue weighted by Crippen LogP contribution is 2.56. The summed E-state index contributed by atoms with van der Waals surface area (Å²) in [6.07, 6.45) is 1.84. The second-order valence-corrected chi connectivity index (χ2v) is 13.4. The highest BCUT2D eigenvalue weighted by Gasteiger charge is 2.29. The molecule has 0 amide bonds. The number of thiophene rings is 1. The van der Waals surface area contributed by atoms with Crippen LogP contribution in [-0.4, -0.2) is 4.98 Å². The molecule has 0 unspecified atom stereocenters. The molecule has 0 fully saturated rings. The lowest BCUT2D eigenvalue weighted by atomic mass is 10.1.